The van der Waals surface area contributed by atoms with E-state index in [0.717, 1.165) is 44.4 Å². The summed E-state index contributed by atoms with van der Waals surface area (Å²) in [6, 6.07) is 45.6. The summed E-state index contributed by atoms with van der Waals surface area (Å²) in [6.07, 6.45) is 32.5. The van der Waals surface area contributed by atoms with Crippen LogP contribution in [0, 0.1) is 53.4 Å². The Bertz CT molecular complexity index is 3810. The van der Waals surface area contributed by atoms with Crippen LogP contribution < -0.4 is 26.8 Å². The van der Waals surface area contributed by atoms with Crippen molar-refractivity contribution < 1.29 is 0 Å². The quantitative estimate of drug-likeness (QED) is 0.0922. The van der Waals surface area contributed by atoms with Crippen LogP contribution in [0.2, 0.25) is 0 Å². The summed E-state index contributed by atoms with van der Waals surface area (Å²) in [6.45, 7) is 28.1. The third-order valence-corrected chi connectivity index (χ3v) is 20.4. The summed E-state index contributed by atoms with van der Waals surface area (Å²) in [7, 11) is 0. The van der Waals surface area contributed by atoms with Gasteiger partial charge in [-0.3, -0.25) is 0 Å². The molecule has 6 aliphatic rings. The van der Waals surface area contributed by atoms with Crippen molar-refractivity contribution in [1.29, 1.82) is 0 Å². The van der Waals surface area contributed by atoms with Crippen LogP contribution in [0.15, 0.2) is 214 Å². The molecule has 5 aliphatic carbocycles. The topological polar surface area (TPSA) is 3.24 Å². The van der Waals surface area contributed by atoms with Crippen molar-refractivity contribution in [2.45, 2.75) is 159 Å². The van der Waals surface area contributed by atoms with Crippen molar-refractivity contribution in [3.63, 3.8) is 0 Å². The zero-order valence-corrected chi connectivity index (χ0v) is 52.1. The molecule has 1 aliphatic heterocycles. The number of benzene rings is 6. The SMILES string of the molecule is CCC1=CC(C)=CCC(C)=C1B(c1ccc2c(c1)Cc1cc(C3=CCC(C4=CCCC5CCC(c6ccc(B(C7=C(C)CC=C(C)C=C7C)c7c(C)cc(C)cc7C)cc6)(C4)C5)C=C3)ccc1N2c1ccccc1)c1c(C)cc(C)cc1C. The smallest absolute Gasteiger partial charge is 0.242 e. The molecule has 1 fully saturated rings. The number of anilines is 3. The zero-order chi connectivity index (χ0) is 57.8. The van der Waals surface area contributed by atoms with Crippen molar-refractivity contribution >= 4 is 57.9 Å². The highest BCUT2D eigenvalue weighted by Gasteiger charge is 2.43. The van der Waals surface area contributed by atoms with Gasteiger partial charge in [-0.1, -0.05) is 246 Å². The van der Waals surface area contributed by atoms with E-state index in [1.807, 2.05) is 0 Å². The third kappa shape index (κ3) is 10.9. The van der Waals surface area contributed by atoms with Crippen molar-refractivity contribution in [3.8, 4) is 0 Å². The average molecular weight is 1080 g/mol. The van der Waals surface area contributed by atoms with Gasteiger partial charge >= 0.3 is 0 Å². The van der Waals surface area contributed by atoms with E-state index < -0.39 is 0 Å². The normalized spacial score (nSPS) is 20.7. The predicted octanol–water partition coefficient (Wildman–Crippen LogP) is 18.6. The lowest BCUT2D eigenvalue weighted by molar-refractivity contribution is 0.381. The molecule has 0 saturated heterocycles. The number of rotatable bonds is 11. The number of hydrogen-bond donors (Lipinski definition) is 0. The van der Waals surface area contributed by atoms with Gasteiger partial charge in [0.25, 0.3) is 0 Å². The first-order chi connectivity index (χ1) is 40.1. The summed E-state index contributed by atoms with van der Waals surface area (Å²) in [5.74, 6) is 1.22. The lowest BCUT2D eigenvalue weighted by Crippen LogP contribution is -2.48. The largest absolute Gasteiger partial charge is 0.310 e. The van der Waals surface area contributed by atoms with Gasteiger partial charge in [0.05, 0.1) is 0 Å². The van der Waals surface area contributed by atoms with Gasteiger partial charge in [0.2, 0.25) is 13.4 Å². The fourth-order valence-electron chi connectivity index (χ4n) is 16.7. The first kappa shape index (κ1) is 56.4. The molecular formula is C80H87B2N. The number of aryl methyl sites for hydroxylation is 6. The molecule has 3 unspecified atom stereocenters. The van der Waals surface area contributed by atoms with Gasteiger partial charge in [0.1, 0.15) is 0 Å². The Hall–Kier alpha value is -7.09. The number of hydrogen-bond acceptors (Lipinski definition) is 1. The molecular weight excluding hydrogens is 997 g/mol. The van der Waals surface area contributed by atoms with E-state index in [2.05, 4.69) is 252 Å². The predicted molar refractivity (Wildman–Crippen MR) is 362 cm³/mol. The maximum atomic E-state index is 2.68. The number of nitrogens with zero attached hydrogens (tertiary/aromatic N) is 1. The van der Waals surface area contributed by atoms with Gasteiger partial charge in [-0.25, -0.2) is 0 Å². The van der Waals surface area contributed by atoms with Crippen molar-refractivity contribution in [3.05, 3.63) is 269 Å². The maximum absolute atomic E-state index is 2.68. The highest BCUT2D eigenvalue weighted by Crippen LogP contribution is 2.53. The van der Waals surface area contributed by atoms with Crippen molar-refractivity contribution in [2.24, 2.45) is 11.8 Å². The molecule has 418 valence electrons. The van der Waals surface area contributed by atoms with E-state index in [1.165, 1.54) is 171 Å². The Morgan fingerprint density at radius 1 is 0.578 bits per heavy atom. The number of fused-ring (bicyclic) bond motifs is 4. The Kier molecular flexibility index (Phi) is 15.7. The first-order valence-corrected chi connectivity index (χ1v) is 31.6. The van der Waals surface area contributed by atoms with Gasteiger partial charge in [-0.05, 0) is 210 Å². The molecule has 3 heteroatoms. The molecule has 0 amide bonds. The number of allylic oxidation sites excluding steroid dienone is 18. The Balaban J connectivity index is 0.846. The highest BCUT2D eigenvalue weighted by molar-refractivity contribution is 6.93. The highest BCUT2D eigenvalue weighted by atomic mass is 15.2. The second kappa shape index (κ2) is 23.2. The summed E-state index contributed by atoms with van der Waals surface area (Å²) in [5.41, 5.74) is 38.1. The molecule has 12 rings (SSSR count). The molecule has 6 aromatic rings. The summed E-state index contributed by atoms with van der Waals surface area (Å²) < 4.78 is 0. The van der Waals surface area contributed by atoms with Gasteiger partial charge in [0, 0.05) is 29.4 Å². The molecule has 1 nitrogen and oxygen atoms in total. The van der Waals surface area contributed by atoms with E-state index in [9.17, 15) is 0 Å². The zero-order valence-electron chi connectivity index (χ0n) is 52.1. The van der Waals surface area contributed by atoms with Crippen LogP contribution in [0.1, 0.15) is 161 Å². The number of para-hydroxylation sites is 1. The first-order valence-electron chi connectivity index (χ1n) is 31.6. The van der Waals surface area contributed by atoms with Gasteiger partial charge < -0.3 is 4.90 Å². The summed E-state index contributed by atoms with van der Waals surface area (Å²) >= 11 is 0. The van der Waals surface area contributed by atoms with Gasteiger partial charge in [0.15, 0.2) is 0 Å². The lowest BCUT2D eigenvalue weighted by Gasteiger charge is -2.36. The summed E-state index contributed by atoms with van der Waals surface area (Å²) in [5, 5.41) is 0. The molecule has 1 saturated carbocycles. The molecule has 2 bridgehead atoms. The van der Waals surface area contributed by atoms with Crippen LogP contribution in [0.3, 0.4) is 0 Å². The molecule has 0 N–H and O–H groups in total. The van der Waals surface area contributed by atoms with E-state index in [4.69, 9.17) is 0 Å². The molecule has 83 heavy (non-hydrogen) atoms. The van der Waals surface area contributed by atoms with Gasteiger partial charge in [-0.15, -0.1) is 0 Å². The molecule has 0 spiro atoms. The molecule has 3 atom stereocenters. The van der Waals surface area contributed by atoms with Crippen molar-refractivity contribution in [1.82, 2.24) is 0 Å². The van der Waals surface area contributed by atoms with Gasteiger partial charge in [-0.2, -0.15) is 0 Å². The van der Waals surface area contributed by atoms with E-state index in [0.29, 0.717) is 5.92 Å². The van der Waals surface area contributed by atoms with Crippen LogP contribution in [-0.4, -0.2) is 13.4 Å². The molecule has 1 heterocycles. The molecule has 6 aromatic carbocycles. The minimum absolute atomic E-state index is 0.132. The molecule has 0 aromatic heterocycles. The molecule has 0 radical (unpaired) electrons. The standard InChI is InChI=1S/C80H87B2N/c1-13-63-45-52(3)23-25-56(7)79(63)82(78-60(11)43-54(5)44-61(78)12)72-35-37-75-69(48-72)47-68-46-66(30-36-74(68)83(75)73-20-15-14-16-21-73)64-26-28-65(29-27-64)67-19-17-18-62-38-39-80(49-62,50-67)70-31-33-71(34-32-70)81(77-58(9)41-53(4)42-59(77)10)76-55(6)24-22-51(2)40-57(76)8/h14-16,19-23,26-28,30-37,40-46,48,62,65H,13,17-18,24-25,29,38-39,47,49-50H2,1-12H3. The van der Waals surface area contributed by atoms with Crippen LogP contribution in [-0.2, 0) is 11.8 Å². The maximum Gasteiger partial charge on any atom is 0.242 e. The summed E-state index contributed by atoms with van der Waals surface area (Å²) in [4.78, 5) is 2.52. The van der Waals surface area contributed by atoms with Crippen LogP contribution in [0.4, 0.5) is 17.1 Å². The minimum atomic E-state index is 0.132. The second-order valence-corrected chi connectivity index (χ2v) is 26.5. The Morgan fingerprint density at radius 3 is 1.82 bits per heavy atom. The average Bonchev–Trinajstić information content (AvgIpc) is 4.00. The van der Waals surface area contributed by atoms with Crippen LogP contribution in [0.25, 0.3) is 5.57 Å². The minimum Gasteiger partial charge on any atom is -0.310 e. The Labute approximate surface area is 500 Å². The fraction of sp³-hybridized carbons (Fsp3) is 0.325. The van der Waals surface area contributed by atoms with Crippen LogP contribution in [0.5, 0.6) is 0 Å². The van der Waals surface area contributed by atoms with Crippen LogP contribution >= 0.6 is 0 Å². The van der Waals surface area contributed by atoms with Crippen molar-refractivity contribution in [2.75, 3.05) is 4.90 Å². The fourth-order valence-corrected chi connectivity index (χ4v) is 16.7. The van der Waals surface area contributed by atoms with E-state index in [1.54, 1.807) is 11.1 Å². The van der Waals surface area contributed by atoms with E-state index in [-0.39, 0.29) is 18.8 Å². The lowest BCUT2D eigenvalue weighted by atomic mass is 9.33. The monoisotopic (exact) mass is 1080 g/mol. The second-order valence-electron chi connectivity index (χ2n) is 26.5. The third-order valence-electron chi connectivity index (χ3n) is 20.4. The van der Waals surface area contributed by atoms with E-state index >= 15 is 0 Å². The Morgan fingerprint density at radius 2 is 1.18 bits per heavy atom.